The molecule has 29 heavy (non-hydrogen) atoms. The minimum Gasteiger partial charge on any atom is -0.492 e. The van der Waals surface area contributed by atoms with Crippen LogP contribution in [0.3, 0.4) is 0 Å². The van der Waals surface area contributed by atoms with E-state index in [2.05, 4.69) is 10.0 Å². The van der Waals surface area contributed by atoms with Gasteiger partial charge in [0, 0.05) is 5.56 Å². The van der Waals surface area contributed by atoms with E-state index in [0.29, 0.717) is 18.7 Å². The largest absolute Gasteiger partial charge is 0.492 e. The van der Waals surface area contributed by atoms with E-state index in [0.717, 1.165) is 5.75 Å². The topological polar surface area (TPSA) is 84.5 Å². The third-order valence-corrected chi connectivity index (χ3v) is 5.62. The number of hydrogen-bond acceptors (Lipinski definition) is 4. The Kier molecular flexibility index (Phi) is 6.74. The molecule has 0 fully saturated rings. The summed E-state index contributed by atoms with van der Waals surface area (Å²) in [6, 6.07) is 21.6. The van der Waals surface area contributed by atoms with Gasteiger partial charge in [-0.15, -0.1) is 0 Å². The Bertz CT molecular complexity index is 1070. The molecule has 2 N–H and O–H groups in total. The predicted octanol–water partition coefficient (Wildman–Crippen LogP) is 3.95. The van der Waals surface area contributed by atoms with Gasteiger partial charge in [-0.3, -0.25) is 9.52 Å². The summed E-state index contributed by atoms with van der Waals surface area (Å²) >= 11 is 6.18. The molecule has 6 nitrogen and oxygen atoms in total. The van der Waals surface area contributed by atoms with Crippen LogP contribution in [0.1, 0.15) is 10.4 Å². The van der Waals surface area contributed by atoms with Crippen LogP contribution >= 0.6 is 11.6 Å². The van der Waals surface area contributed by atoms with Gasteiger partial charge in [0.1, 0.15) is 12.4 Å². The van der Waals surface area contributed by atoms with Crippen molar-refractivity contribution in [1.82, 2.24) is 5.32 Å². The van der Waals surface area contributed by atoms with Crippen LogP contribution in [0.5, 0.6) is 5.75 Å². The van der Waals surface area contributed by atoms with Crippen molar-refractivity contribution in [1.29, 1.82) is 0 Å². The zero-order chi connectivity index (χ0) is 20.7. The second-order valence-electron chi connectivity index (χ2n) is 6.03. The molecule has 0 unspecified atom stereocenters. The summed E-state index contributed by atoms with van der Waals surface area (Å²) in [6.45, 7) is 0.631. The summed E-state index contributed by atoms with van der Waals surface area (Å²) in [5.41, 5.74) is 0.511. The fraction of sp³-hybridized carbons (Fsp3) is 0.0952. The van der Waals surface area contributed by atoms with Gasteiger partial charge in [-0.25, -0.2) is 8.42 Å². The molecule has 0 saturated heterocycles. The first-order valence-electron chi connectivity index (χ1n) is 8.79. The van der Waals surface area contributed by atoms with Crippen molar-refractivity contribution in [3.63, 3.8) is 0 Å². The third kappa shape index (κ3) is 5.73. The molecule has 0 aliphatic rings. The highest BCUT2D eigenvalue weighted by molar-refractivity contribution is 7.92. The van der Waals surface area contributed by atoms with Gasteiger partial charge in [0.2, 0.25) is 0 Å². The maximum atomic E-state index is 12.4. The Morgan fingerprint density at radius 1 is 0.931 bits per heavy atom. The summed E-state index contributed by atoms with van der Waals surface area (Å²) in [7, 11) is -3.76. The fourth-order valence-corrected chi connectivity index (χ4v) is 3.88. The lowest BCUT2D eigenvalue weighted by molar-refractivity contribution is 0.0947. The second kappa shape index (κ2) is 9.45. The highest BCUT2D eigenvalue weighted by atomic mass is 35.5. The van der Waals surface area contributed by atoms with E-state index in [1.54, 1.807) is 18.2 Å². The van der Waals surface area contributed by atoms with Crippen LogP contribution in [0, 0.1) is 0 Å². The molecule has 8 heteroatoms. The molecule has 0 radical (unpaired) electrons. The Hall–Kier alpha value is -3.03. The van der Waals surface area contributed by atoms with Crippen molar-refractivity contribution in [2.24, 2.45) is 0 Å². The lowest BCUT2D eigenvalue weighted by Crippen LogP contribution is -2.28. The molecule has 0 saturated carbocycles. The third-order valence-electron chi connectivity index (χ3n) is 3.93. The Labute approximate surface area is 174 Å². The number of ether oxygens (including phenoxy) is 1. The molecular formula is C21H19ClN2O4S. The number of hydrogen-bond donors (Lipinski definition) is 2. The fourth-order valence-electron chi connectivity index (χ4n) is 2.49. The van der Waals surface area contributed by atoms with E-state index in [1.807, 2.05) is 30.3 Å². The normalized spacial score (nSPS) is 10.9. The summed E-state index contributed by atoms with van der Waals surface area (Å²) in [5, 5.41) is 2.85. The minimum absolute atomic E-state index is 0.122. The quantitative estimate of drug-likeness (QED) is 0.530. The van der Waals surface area contributed by atoms with E-state index in [-0.39, 0.29) is 21.5 Å². The molecule has 3 rings (SSSR count). The average Bonchev–Trinajstić information content (AvgIpc) is 2.74. The average molecular weight is 431 g/mol. The number of nitrogens with one attached hydrogen (secondary N) is 2. The SMILES string of the molecule is O=C(NCCOc1ccccc1)c1ccc(NS(=O)(=O)c2ccccc2)c(Cl)c1. The van der Waals surface area contributed by atoms with Crippen LogP contribution in [-0.2, 0) is 10.0 Å². The molecule has 3 aromatic rings. The number of rotatable bonds is 8. The standard InChI is InChI=1S/C21H19ClN2O4S/c22-19-15-16(21(25)23-13-14-28-17-7-3-1-4-8-17)11-12-20(19)24-29(26,27)18-9-5-2-6-10-18/h1-12,15,24H,13-14H2,(H,23,25). The molecule has 0 aromatic heterocycles. The van der Waals surface area contributed by atoms with E-state index < -0.39 is 10.0 Å². The highest BCUT2D eigenvalue weighted by Crippen LogP contribution is 2.25. The van der Waals surface area contributed by atoms with Gasteiger partial charge in [0.05, 0.1) is 22.2 Å². The molecule has 0 atom stereocenters. The first-order valence-corrected chi connectivity index (χ1v) is 10.7. The summed E-state index contributed by atoms with van der Waals surface area (Å²) in [6.07, 6.45) is 0. The molecule has 0 aliphatic carbocycles. The summed E-state index contributed by atoms with van der Waals surface area (Å²) in [5.74, 6) is 0.390. The molecule has 150 valence electrons. The number of para-hydroxylation sites is 1. The Morgan fingerprint density at radius 2 is 1.59 bits per heavy atom. The molecule has 1 amide bonds. The smallest absolute Gasteiger partial charge is 0.261 e. The number of benzene rings is 3. The van der Waals surface area contributed by atoms with Crippen LogP contribution in [0.25, 0.3) is 0 Å². The molecule has 0 heterocycles. The van der Waals surface area contributed by atoms with Gasteiger partial charge in [0.25, 0.3) is 15.9 Å². The summed E-state index contributed by atoms with van der Waals surface area (Å²) < 4.78 is 32.7. The second-order valence-corrected chi connectivity index (χ2v) is 8.12. The number of amides is 1. The maximum absolute atomic E-state index is 12.4. The van der Waals surface area contributed by atoms with Crippen LogP contribution < -0.4 is 14.8 Å². The molecule has 0 spiro atoms. The van der Waals surface area contributed by atoms with Crippen LogP contribution in [-0.4, -0.2) is 27.5 Å². The maximum Gasteiger partial charge on any atom is 0.261 e. The zero-order valence-corrected chi connectivity index (χ0v) is 16.9. The Morgan fingerprint density at radius 3 is 2.24 bits per heavy atom. The first-order chi connectivity index (χ1) is 14.0. The predicted molar refractivity (Wildman–Crippen MR) is 113 cm³/mol. The molecule has 0 aliphatic heterocycles. The van der Waals surface area contributed by atoms with Crippen molar-refractivity contribution in [3.8, 4) is 5.75 Å². The molecule has 3 aromatic carbocycles. The Balaban J connectivity index is 1.58. The molecule has 0 bridgehead atoms. The van der Waals surface area contributed by atoms with Crippen molar-refractivity contribution >= 4 is 33.2 Å². The van der Waals surface area contributed by atoms with Crippen LogP contribution in [0.2, 0.25) is 5.02 Å². The van der Waals surface area contributed by atoms with Crippen molar-refractivity contribution < 1.29 is 17.9 Å². The van der Waals surface area contributed by atoms with Gasteiger partial charge in [0.15, 0.2) is 0 Å². The van der Waals surface area contributed by atoms with Crippen LogP contribution in [0.15, 0.2) is 83.8 Å². The zero-order valence-electron chi connectivity index (χ0n) is 15.3. The van der Waals surface area contributed by atoms with E-state index >= 15 is 0 Å². The number of sulfonamides is 1. The number of anilines is 1. The minimum atomic E-state index is -3.76. The highest BCUT2D eigenvalue weighted by Gasteiger charge is 2.16. The summed E-state index contributed by atoms with van der Waals surface area (Å²) in [4.78, 5) is 12.4. The number of halogens is 1. The van der Waals surface area contributed by atoms with E-state index in [1.165, 1.54) is 30.3 Å². The van der Waals surface area contributed by atoms with Crippen molar-refractivity contribution in [2.45, 2.75) is 4.90 Å². The van der Waals surface area contributed by atoms with Crippen LogP contribution in [0.4, 0.5) is 5.69 Å². The van der Waals surface area contributed by atoms with E-state index in [9.17, 15) is 13.2 Å². The van der Waals surface area contributed by atoms with E-state index in [4.69, 9.17) is 16.3 Å². The first kappa shape index (κ1) is 20.7. The van der Waals surface area contributed by atoms with Gasteiger partial charge in [-0.05, 0) is 42.5 Å². The van der Waals surface area contributed by atoms with Gasteiger partial charge in [-0.1, -0.05) is 48.0 Å². The lowest BCUT2D eigenvalue weighted by Gasteiger charge is -2.11. The van der Waals surface area contributed by atoms with Gasteiger partial charge in [-0.2, -0.15) is 0 Å². The van der Waals surface area contributed by atoms with Gasteiger partial charge < -0.3 is 10.1 Å². The van der Waals surface area contributed by atoms with Crippen molar-refractivity contribution in [3.05, 3.63) is 89.4 Å². The van der Waals surface area contributed by atoms with Crippen molar-refractivity contribution in [2.75, 3.05) is 17.9 Å². The van der Waals surface area contributed by atoms with Gasteiger partial charge >= 0.3 is 0 Å². The monoisotopic (exact) mass is 430 g/mol. The molecular weight excluding hydrogens is 412 g/mol. The number of carbonyl (C=O) groups excluding carboxylic acids is 1. The number of carbonyl (C=O) groups is 1. The lowest BCUT2D eigenvalue weighted by atomic mass is 10.2.